The van der Waals surface area contributed by atoms with Crippen LogP contribution in [0.1, 0.15) is 32.3 Å². The smallest absolute Gasteiger partial charge is 0.412 e. The van der Waals surface area contributed by atoms with Gasteiger partial charge in [-0.3, -0.25) is 5.32 Å². The molecule has 156 valence electrons. The topological polar surface area (TPSA) is 81.7 Å². The van der Waals surface area contributed by atoms with Crippen LogP contribution < -0.4 is 10.1 Å². The molecule has 1 amide bonds. The minimum atomic E-state index is -3.45. The number of nitrogens with one attached hydrogen (secondary N) is 1. The number of anilines is 1. The first-order chi connectivity index (χ1) is 13.6. The van der Waals surface area contributed by atoms with Crippen LogP contribution in [0.25, 0.3) is 0 Å². The molecule has 0 aromatic heterocycles. The number of amides is 1. The van der Waals surface area contributed by atoms with Crippen molar-refractivity contribution in [3.8, 4) is 5.75 Å². The van der Waals surface area contributed by atoms with Crippen molar-refractivity contribution in [2.24, 2.45) is 0 Å². The van der Waals surface area contributed by atoms with E-state index in [0.717, 1.165) is 5.56 Å². The Morgan fingerprint density at radius 2 is 1.86 bits per heavy atom. The summed E-state index contributed by atoms with van der Waals surface area (Å²) >= 11 is 11.7. The highest BCUT2D eigenvalue weighted by Gasteiger charge is 2.36. The third-order valence-corrected chi connectivity index (χ3v) is 7.07. The predicted molar refractivity (Wildman–Crippen MR) is 113 cm³/mol. The zero-order chi connectivity index (χ0) is 21.2. The fraction of sp³-hybridized carbons (Fsp3) is 0.350. The Morgan fingerprint density at radius 3 is 2.59 bits per heavy atom. The molecule has 6 nitrogen and oxygen atoms in total. The van der Waals surface area contributed by atoms with Crippen molar-refractivity contribution >= 4 is 44.8 Å². The Bertz CT molecular complexity index is 1040. The van der Waals surface area contributed by atoms with E-state index in [1.165, 1.54) is 18.2 Å². The fourth-order valence-electron chi connectivity index (χ4n) is 3.16. The molecule has 29 heavy (non-hydrogen) atoms. The van der Waals surface area contributed by atoms with Gasteiger partial charge in [0, 0.05) is 0 Å². The van der Waals surface area contributed by atoms with Gasteiger partial charge in [-0.2, -0.15) is 0 Å². The van der Waals surface area contributed by atoms with Gasteiger partial charge in [-0.15, -0.1) is 0 Å². The van der Waals surface area contributed by atoms with Crippen LogP contribution in [-0.2, 0) is 20.2 Å². The summed E-state index contributed by atoms with van der Waals surface area (Å²) in [6.07, 6.45) is 0.457. The molecule has 0 aliphatic carbocycles. The van der Waals surface area contributed by atoms with Crippen molar-refractivity contribution in [3.63, 3.8) is 0 Å². The Morgan fingerprint density at radius 1 is 1.10 bits per heavy atom. The maximum absolute atomic E-state index is 12.4. The van der Waals surface area contributed by atoms with Gasteiger partial charge in [0.1, 0.15) is 11.4 Å². The van der Waals surface area contributed by atoms with E-state index in [0.29, 0.717) is 35.9 Å². The highest BCUT2D eigenvalue weighted by Crippen LogP contribution is 2.41. The van der Waals surface area contributed by atoms with E-state index in [2.05, 4.69) is 5.32 Å². The van der Waals surface area contributed by atoms with E-state index in [-0.39, 0.29) is 15.7 Å². The quantitative estimate of drug-likeness (QED) is 0.560. The molecule has 0 bridgehead atoms. The fourth-order valence-corrected chi connectivity index (χ4v) is 4.91. The number of benzene rings is 2. The monoisotopic (exact) mass is 457 g/mol. The van der Waals surface area contributed by atoms with E-state index < -0.39 is 21.5 Å². The first-order valence-electron chi connectivity index (χ1n) is 9.04. The molecule has 2 aromatic carbocycles. The lowest BCUT2D eigenvalue weighted by atomic mass is 9.94. The van der Waals surface area contributed by atoms with Crippen molar-refractivity contribution in [2.45, 2.75) is 37.2 Å². The van der Waals surface area contributed by atoms with Crippen LogP contribution in [0.2, 0.25) is 10.0 Å². The summed E-state index contributed by atoms with van der Waals surface area (Å²) in [5.74, 6) is 0.575. The van der Waals surface area contributed by atoms with Crippen LogP contribution in [0.15, 0.2) is 41.3 Å². The number of hydrogen-bond donors (Lipinski definition) is 1. The highest BCUT2D eigenvalue weighted by molar-refractivity contribution is 7.91. The van der Waals surface area contributed by atoms with Gasteiger partial charge in [0.05, 0.1) is 38.6 Å². The molecule has 3 rings (SSSR count). The largest absolute Gasteiger partial charge is 0.493 e. The summed E-state index contributed by atoms with van der Waals surface area (Å²) in [6, 6.07) is 9.66. The number of ether oxygens (including phenoxy) is 2. The van der Waals surface area contributed by atoms with Gasteiger partial charge in [-0.1, -0.05) is 29.3 Å². The van der Waals surface area contributed by atoms with Gasteiger partial charge in [0.2, 0.25) is 0 Å². The first-order valence-corrected chi connectivity index (χ1v) is 11.4. The summed E-state index contributed by atoms with van der Waals surface area (Å²) in [5.41, 5.74) is 0.569. The minimum absolute atomic E-state index is 0.0219. The zero-order valence-electron chi connectivity index (χ0n) is 16.0. The average Bonchev–Trinajstić information content (AvgIpc) is 2.62. The number of unbranched alkanes of at least 4 members (excludes halogenated alkanes) is 1. The molecule has 0 unspecified atom stereocenters. The summed E-state index contributed by atoms with van der Waals surface area (Å²) in [6.45, 7) is 3.92. The van der Waals surface area contributed by atoms with Gasteiger partial charge in [0.15, 0.2) is 9.84 Å². The van der Waals surface area contributed by atoms with E-state index in [9.17, 15) is 13.2 Å². The molecule has 0 spiro atoms. The van der Waals surface area contributed by atoms with Crippen molar-refractivity contribution < 1.29 is 22.7 Å². The first kappa shape index (κ1) is 21.7. The maximum atomic E-state index is 12.4. The summed E-state index contributed by atoms with van der Waals surface area (Å²) in [5, 5.41) is 3.19. The molecule has 1 aliphatic rings. The van der Waals surface area contributed by atoms with Gasteiger partial charge in [0.25, 0.3) is 0 Å². The van der Waals surface area contributed by atoms with Gasteiger partial charge >= 0.3 is 6.09 Å². The molecule has 2 aromatic rings. The Kier molecular flexibility index (Phi) is 6.31. The molecule has 0 fully saturated rings. The van der Waals surface area contributed by atoms with Crippen LogP contribution >= 0.6 is 23.2 Å². The SMILES string of the molecule is CC1(C)OC(=O)Nc2cccc(OCCCCS(=O)(=O)c3ccc(Cl)c(Cl)c3)c21. The number of carbonyl (C=O) groups excluding carboxylic acids is 1. The molecule has 9 heteroatoms. The lowest BCUT2D eigenvalue weighted by molar-refractivity contribution is 0.0396. The molecule has 0 saturated heterocycles. The Labute approximate surface area is 180 Å². The van der Waals surface area contributed by atoms with Gasteiger partial charge < -0.3 is 9.47 Å². The zero-order valence-corrected chi connectivity index (χ0v) is 18.3. The number of fused-ring (bicyclic) bond motifs is 1. The number of rotatable bonds is 7. The number of hydrogen-bond acceptors (Lipinski definition) is 5. The maximum Gasteiger partial charge on any atom is 0.412 e. The normalized spacial score (nSPS) is 15.2. The lowest BCUT2D eigenvalue weighted by Gasteiger charge is -2.33. The van der Waals surface area contributed by atoms with Gasteiger partial charge in [-0.05, 0) is 57.0 Å². The third-order valence-electron chi connectivity index (χ3n) is 4.53. The summed E-state index contributed by atoms with van der Waals surface area (Å²) in [4.78, 5) is 11.8. The lowest BCUT2D eigenvalue weighted by Crippen LogP contribution is -2.35. The van der Waals surface area contributed by atoms with Crippen LogP contribution in [0, 0.1) is 0 Å². The summed E-state index contributed by atoms with van der Waals surface area (Å²) in [7, 11) is -3.45. The molecule has 1 N–H and O–H groups in total. The number of cyclic esters (lactones) is 1. The van der Waals surface area contributed by atoms with Crippen molar-refractivity contribution in [2.75, 3.05) is 17.7 Å². The third kappa shape index (κ3) is 4.97. The summed E-state index contributed by atoms with van der Waals surface area (Å²) < 4.78 is 36.1. The van der Waals surface area contributed by atoms with Crippen LogP contribution in [0.3, 0.4) is 0 Å². The van der Waals surface area contributed by atoms with Crippen molar-refractivity contribution in [3.05, 3.63) is 52.0 Å². The van der Waals surface area contributed by atoms with Crippen LogP contribution in [0.4, 0.5) is 10.5 Å². The van der Waals surface area contributed by atoms with Crippen molar-refractivity contribution in [1.82, 2.24) is 0 Å². The Balaban J connectivity index is 1.58. The van der Waals surface area contributed by atoms with E-state index in [1.54, 1.807) is 32.0 Å². The minimum Gasteiger partial charge on any atom is -0.493 e. The molecule has 0 radical (unpaired) electrons. The molecular formula is C20H21Cl2NO5S. The number of halogens is 2. The standard InChI is InChI=1S/C20H21Cl2NO5S/c1-20(2)18-16(23-19(24)28-20)6-5-7-17(18)27-10-3-4-11-29(25,26)13-8-9-14(21)15(22)12-13/h5-9,12H,3-4,10-11H2,1-2H3,(H,23,24). The molecule has 1 heterocycles. The van der Waals surface area contributed by atoms with E-state index >= 15 is 0 Å². The van der Waals surface area contributed by atoms with E-state index in [4.69, 9.17) is 32.7 Å². The number of sulfone groups is 1. The molecule has 0 saturated carbocycles. The van der Waals surface area contributed by atoms with Gasteiger partial charge in [-0.25, -0.2) is 13.2 Å². The second-order valence-corrected chi connectivity index (χ2v) is 10.1. The van der Waals surface area contributed by atoms with Crippen molar-refractivity contribution in [1.29, 1.82) is 0 Å². The van der Waals surface area contributed by atoms with E-state index in [1.807, 2.05) is 0 Å². The number of carbonyl (C=O) groups is 1. The van der Waals surface area contributed by atoms with Crippen LogP contribution in [0.5, 0.6) is 5.75 Å². The second-order valence-electron chi connectivity index (χ2n) is 7.15. The second kappa shape index (κ2) is 8.42. The van der Waals surface area contributed by atoms with Crippen LogP contribution in [-0.4, -0.2) is 26.9 Å². The highest BCUT2D eigenvalue weighted by atomic mass is 35.5. The Hall–Kier alpha value is -1.96. The molecule has 0 atom stereocenters. The molecule has 1 aliphatic heterocycles. The predicted octanol–water partition coefficient (Wildman–Crippen LogP) is 5.42. The molecular weight excluding hydrogens is 437 g/mol. The average molecular weight is 458 g/mol.